The molecule has 7 heteroatoms. The van der Waals surface area contributed by atoms with Crippen molar-refractivity contribution in [2.24, 2.45) is 5.92 Å². The van der Waals surface area contributed by atoms with Gasteiger partial charge in [-0.15, -0.1) is 0 Å². The van der Waals surface area contributed by atoms with Crippen LogP contribution in [0.15, 0.2) is 24.7 Å². The Bertz CT molecular complexity index is 641. The molecular weight excluding hydrogens is 283 g/mol. The molecule has 20 heavy (non-hydrogen) atoms. The highest BCUT2D eigenvalue weighted by atomic mass is 35.5. The van der Waals surface area contributed by atoms with Gasteiger partial charge in [0.25, 0.3) is 0 Å². The Hall–Kier alpha value is -1.95. The first kappa shape index (κ1) is 14.5. The molecule has 0 atom stereocenters. The number of aromatic nitrogens is 3. The Morgan fingerprint density at radius 1 is 1.45 bits per heavy atom. The van der Waals surface area contributed by atoms with E-state index >= 15 is 0 Å². The summed E-state index contributed by atoms with van der Waals surface area (Å²) in [5.74, 6) is -0.707. The molecular formula is C13H14ClFN4O. The normalized spacial score (nSPS) is 10.9. The van der Waals surface area contributed by atoms with Gasteiger partial charge in [0.05, 0.1) is 24.3 Å². The number of rotatable bonds is 3. The van der Waals surface area contributed by atoms with E-state index in [0.29, 0.717) is 11.4 Å². The van der Waals surface area contributed by atoms with Gasteiger partial charge in [0, 0.05) is 19.0 Å². The van der Waals surface area contributed by atoms with Gasteiger partial charge in [-0.05, 0) is 0 Å². The van der Waals surface area contributed by atoms with Crippen molar-refractivity contribution in [3.63, 3.8) is 0 Å². The molecule has 0 saturated heterocycles. The summed E-state index contributed by atoms with van der Waals surface area (Å²) in [4.78, 5) is 17.1. The molecule has 1 amide bonds. The standard InChI is InChI=1S/C13H14ClFN4O/c1-8(2)13(20)18(3)11-7-19(17-12(11)14)10-4-9(15)5-16-6-10/h4-8H,1-3H3. The Balaban J connectivity index is 2.37. The van der Waals surface area contributed by atoms with Gasteiger partial charge < -0.3 is 4.90 Å². The Morgan fingerprint density at radius 3 is 2.75 bits per heavy atom. The van der Waals surface area contributed by atoms with E-state index in [2.05, 4.69) is 10.1 Å². The molecule has 2 aromatic heterocycles. The van der Waals surface area contributed by atoms with Gasteiger partial charge in [-0.25, -0.2) is 9.07 Å². The van der Waals surface area contributed by atoms with Crippen LogP contribution in [0.1, 0.15) is 13.8 Å². The lowest BCUT2D eigenvalue weighted by atomic mass is 10.2. The van der Waals surface area contributed by atoms with E-state index in [1.54, 1.807) is 27.1 Å². The van der Waals surface area contributed by atoms with Crippen molar-refractivity contribution in [1.29, 1.82) is 0 Å². The van der Waals surface area contributed by atoms with Crippen LogP contribution >= 0.6 is 11.6 Å². The number of hydrogen-bond donors (Lipinski definition) is 0. The van der Waals surface area contributed by atoms with Gasteiger partial charge >= 0.3 is 0 Å². The van der Waals surface area contributed by atoms with E-state index in [1.807, 2.05) is 0 Å². The smallest absolute Gasteiger partial charge is 0.229 e. The van der Waals surface area contributed by atoms with Crippen LogP contribution in [0.4, 0.5) is 10.1 Å². The maximum Gasteiger partial charge on any atom is 0.229 e. The highest BCUT2D eigenvalue weighted by molar-refractivity contribution is 6.32. The van der Waals surface area contributed by atoms with Gasteiger partial charge in [-0.3, -0.25) is 9.78 Å². The first-order valence-corrected chi connectivity index (χ1v) is 6.41. The number of anilines is 1. The molecule has 0 unspecified atom stereocenters. The van der Waals surface area contributed by atoms with Crippen molar-refractivity contribution >= 4 is 23.2 Å². The number of hydrogen-bond acceptors (Lipinski definition) is 3. The third-order valence-corrected chi connectivity index (χ3v) is 3.06. The molecule has 0 N–H and O–H groups in total. The molecule has 0 saturated carbocycles. The highest BCUT2D eigenvalue weighted by Gasteiger charge is 2.20. The maximum absolute atomic E-state index is 13.2. The van der Waals surface area contributed by atoms with Gasteiger partial charge in [0.2, 0.25) is 5.91 Å². The van der Waals surface area contributed by atoms with Crippen molar-refractivity contribution in [1.82, 2.24) is 14.8 Å². The molecule has 0 aliphatic carbocycles. The lowest BCUT2D eigenvalue weighted by Gasteiger charge is -2.17. The number of carbonyl (C=O) groups excluding carboxylic acids is 1. The predicted molar refractivity (Wildman–Crippen MR) is 74.6 cm³/mol. The second kappa shape index (κ2) is 5.58. The van der Waals surface area contributed by atoms with E-state index in [0.717, 1.165) is 6.20 Å². The van der Waals surface area contributed by atoms with E-state index < -0.39 is 5.82 Å². The van der Waals surface area contributed by atoms with Crippen LogP contribution in [-0.4, -0.2) is 27.7 Å². The molecule has 0 aromatic carbocycles. The van der Waals surface area contributed by atoms with Crippen molar-refractivity contribution < 1.29 is 9.18 Å². The number of pyridine rings is 1. The summed E-state index contributed by atoms with van der Waals surface area (Å²) in [5, 5.41) is 4.24. The van der Waals surface area contributed by atoms with Crippen LogP contribution in [0.3, 0.4) is 0 Å². The Morgan fingerprint density at radius 2 is 2.15 bits per heavy atom. The summed E-state index contributed by atoms with van der Waals surface area (Å²) < 4.78 is 14.5. The van der Waals surface area contributed by atoms with Gasteiger partial charge in [-0.2, -0.15) is 5.10 Å². The Labute approximate surface area is 121 Å². The quantitative estimate of drug-likeness (QED) is 0.875. The van der Waals surface area contributed by atoms with Crippen LogP contribution in [0.2, 0.25) is 5.15 Å². The number of nitrogens with zero attached hydrogens (tertiary/aromatic N) is 4. The fourth-order valence-electron chi connectivity index (χ4n) is 1.73. The molecule has 0 radical (unpaired) electrons. The second-order valence-electron chi connectivity index (χ2n) is 4.66. The van der Waals surface area contributed by atoms with Crippen LogP contribution < -0.4 is 4.90 Å². The second-order valence-corrected chi connectivity index (χ2v) is 5.02. The summed E-state index contributed by atoms with van der Waals surface area (Å²) in [6.45, 7) is 3.60. The molecule has 2 rings (SSSR count). The summed E-state index contributed by atoms with van der Waals surface area (Å²) in [7, 11) is 1.62. The van der Waals surface area contributed by atoms with E-state index in [1.165, 1.54) is 21.8 Å². The minimum atomic E-state index is -0.470. The molecule has 5 nitrogen and oxygen atoms in total. The SMILES string of the molecule is CC(C)C(=O)N(C)c1cn(-c2cncc(F)c2)nc1Cl. The fourth-order valence-corrected chi connectivity index (χ4v) is 1.99. The molecule has 0 spiro atoms. The zero-order valence-corrected chi connectivity index (χ0v) is 12.1. The number of halogens is 2. The summed E-state index contributed by atoms with van der Waals surface area (Å²) in [6, 6.07) is 1.28. The molecule has 0 fully saturated rings. The van der Waals surface area contributed by atoms with Crippen molar-refractivity contribution in [3.8, 4) is 5.69 Å². The number of carbonyl (C=O) groups is 1. The van der Waals surface area contributed by atoms with Crippen LogP contribution in [0, 0.1) is 11.7 Å². The molecule has 106 valence electrons. The number of amides is 1. The predicted octanol–water partition coefficient (Wildman–Crippen LogP) is 2.68. The summed E-state index contributed by atoms with van der Waals surface area (Å²) in [5.41, 5.74) is 0.901. The monoisotopic (exact) mass is 296 g/mol. The molecule has 2 heterocycles. The molecule has 2 aromatic rings. The fraction of sp³-hybridized carbons (Fsp3) is 0.308. The lowest BCUT2D eigenvalue weighted by molar-refractivity contribution is -0.121. The largest absolute Gasteiger partial charge is 0.311 e. The maximum atomic E-state index is 13.2. The summed E-state index contributed by atoms with van der Waals surface area (Å²) >= 11 is 6.04. The van der Waals surface area contributed by atoms with E-state index in [4.69, 9.17) is 11.6 Å². The van der Waals surface area contributed by atoms with Crippen LogP contribution in [0.5, 0.6) is 0 Å². The van der Waals surface area contributed by atoms with E-state index in [9.17, 15) is 9.18 Å². The van der Waals surface area contributed by atoms with Gasteiger partial charge in [0.1, 0.15) is 11.5 Å². The highest BCUT2D eigenvalue weighted by Crippen LogP contribution is 2.26. The average molecular weight is 297 g/mol. The lowest BCUT2D eigenvalue weighted by Crippen LogP contribution is -2.30. The molecule has 0 aliphatic rings. The zero-order chi connectivity index (χ0) is 14.9. The topological polar surface area (TPSA) is 51.0 Å². The van der Waals surface area contributed by atoms with Crippen LogP contribution in [-0.2, 0) is 4.79 Å². The van der Waals surface area contributed by atoms with Crippen molar-refractivity contribution in [2.75, 3.05) is 11.9 Å². The van der Waals surface area contributed by atoms with Crippen molar-refractivity contribution in [2.45, 2.75) is 13.8 Å². The van der Waals surface area contributed by atoms with Gasteiger partial charge in [-0.1, -0.05) is 25.4 Å². The third-order valence-electron chi connectivity index (χ3n) is 2.79. The van der Waals surface area contributed by atoms with Crippen LogP contribution in [0.25, 0.3) is 5.69 Å². The average Bonchev–Trinajstić information content (AvgIpc) is 2.79. The van der Waals surface area contributed by atoms with E-state index in [-0.39, 0.29) is 17.0 Å². The Kier molecular flexibility index (Phi) is 4.04. The zero-order valence-electron chi connectivity index (χ0n) is 11.3. The minimum Gasteiger partial charge on any atom is -0.311 e. The van der Waals surface area contributed by atoms with Crippen molar-refractivity contribution in [3.05, 3.63) is 35.6 Å². The first-order valence-electron chi connectivity index (χ1n) is 6.04. The van der Waals surface area contributed by atoms with Gasteiger partial charge in [0.15, 0.2) is 5.15 Å². The summed E-state index contributed by atoms with van der Waals surface area (Å²) in [6.07, 6.45) is 4.13. The molecule has 0 aliphatic heterocycles. The minimum absolute atomic E-state index is 0.0798. The molecule has 0 bridgehead atoms. The first-order chi connectivity index (χ1) is 9.40. The third kappa shape index (κ3) is 2.80.